The first-order valence-corrected chi connectivity index (χ1v) is 10.3. The smallest absolute Gasteiger partial charge is 0.261 e. The number of nitrogens with zero attached hydrogens (tertiary/aromatic N) is 2. The molecule has 1 atom stereocenters. The molecule has 1 aromatic carbocycles. The van der Waals surface area contributed by atoms with Gasteiger partial charge >= 0.3 is 0 Å². The Bertz CT molecular complexity index is 974. The molecule has 1 amide bonds. The van der Waals surface area contributed by atoms with E-state index in [9.17, 15) is 4.79 Å². The van der Waals surface area contributed by atoms with E-state index in [1.165, 1.54) is 22.5 Å². The molecule has 3 rings (SSSR count). The van der Waals surface area contributed by atoms with E-state index in [-0.39, 0.29) is 11.9 Å². The molecule has 0 radical (unpaired) electrons. The van der Waals surface area contributed by atoms with Crippen LogP contribution in [0.5, 0.6) is 5.75 Å². The molecule has 1 unspecified atom stereocenters. The van der Waals surface area contributed by atoms with E-state index in [2.05, 4.69) is 43.3 Å². The van der Waals surface area contributed by atoms with Crippen molar-refractivity contribution in [1.82, 2.24) is 15.1 Å². The summed E-state index contributed by atoms with van der Waals surface area (Å²) in [6.45, 7) is 11.3. The third-order valence-corrected chi connectivity index (χ3v) is 5.63. The molecular weight excluding hydrogens is 370 g/mol. The number of rotatable bonds is 7. The monoisotopic (exact) mass is 397 g/mol. The van der Waals surface area contributed by atoms with Gasteiger partial charge in [0.1, 0.15) is 12.4 Å². The zero-order valence-electron chi connectivity index (χ0n) is 17.1. The van der Waals surface area contributed by atoms with E-state index in [4.69, 9.17) is 4.74 Å². The van der Waals surface area contributed by atoms with Crippen molar-refractivity contribution >= 4 is 17.2 Å². The topological polar surface area (TPSA) is 56.1 Å². The van der Waals surface area contributed by atoms with Crippen LogP contribution in [0.1, 0.15) is 44.5 Å². The maximum atomic E-state index is 12.5. The second-order valence-electron chi connectivity index (χ2n) is 7.37. The Morgan fingerprint density at radius 1 is 1.25 bits per heavy atom. The van der Waals surface area contributed by atoms with Crippen LogP contribution in [-0.2, 0) is 13.2 Å². The first kappa shape index (κ1) is 20.1. The molecular formula is C22H27N3O2S. The van der Waals surface area contributed by atoms with Crippen molar-refractivity contribution in [3.05, 3.63) is 68.7 Å². The fourth-order valence-electron chi connectivity index (χ4n) is 3.07. The Balaban J connectivity index is 1.56. The molecule has 5 nitrogen and oxygen atoms in total. The van der Waals surface area contributed by atoms with Crippen molar-refractivity contribution in [2.45, 2.75) is 53.8 Å². The predicted octanol–water partition coefficient (Wildman–Crippen LogP) is 4.58. The summed E-state index contributed by atoms with van der Waals surface area (Å²) in [6.07, 6.45) is 1.92. The molecule has 0 aliphatic rings. The first-order chi connectivity index (χ1) is 13.3. The van der Waals surface area contributed by atoms with Gasteiger partial charge in [-0.3, -0.25) is 9.48 Å². The Kier molecular flexibility index (Phi) is 6.19. The van der Waals surface area contributed by atoms with Crippen molar-refractivity contribution in [3.8, 4) is 5.75 Å². The van der Waals surface area contributed by atoms with E-state index < -0.39 is 0 Å². The normalized spacial score (nSPS) is 12.0. The van der Waals surface area contributed by atoms with Crippen LogP contribution >= 0.6 is 11.3 Å². The minimum absolute atomic E-state index is 0.00785. The van der Waals surface area contributed by atoms with Gasteiger partial charge in [-0.1, -0.05) is 6.07 Å². The van der Waals surface area contributed by atoms with E-state index in [1.54, 1.807) is 0 Å². The first-order valence-electron chi connectivity index (χ1n) is 9.41. The van der Waals surface area contributed by atoms with Gasteiger partial charge in [0.25, 0.3) is 5.91 Å². The highest BCUT2D eigenvalue weighted by Crippen LogP contribution is 2.25. The molecule has 3 aromatic rings. The van der Waals surface area contributed by atoms with Crippen molar-refractivity contribution in [3.63, 3.8) is 0 Å². The minimum Gasteiger partial charge on any atom is -0.489 e. The summed E-state index contributed by atoms with van der Waals surface area (Å²) >= 11 is 1.44. The molecule has 148 valence electrons. The van der Waals surface area contributed by atoms with Gasteiger partial charge < -0.3 is 10.1 Å². The lowest BCUT2D eigenvalue weighted by atomic mass is 10.1. The number of hydrogen-bond donors (Lipinski definition) is 1. The van der Waals surface area contributed by atoms with Crippen molar-refractivity contribution < 1.29 is 9.53 Å². The lowest BCUT2D eigenvalue weighted by Crippen LogP contribution is -2.35. The van der Waals surface area contributed by atoms with Gasteiger partial charge in [-0.05, 0) is 74.9 Å². The van der Waals surface area contributed by atoms with Crippen molar-refractivity contribution in [2.24, 2.45) is 0 Å². The predicted molar refractivity (Wildman–Crippen MR) is 113 cm³/mol. The Labute approximate surface area is 170 Å². The maximum absolute atomic E-state index is 12.5. The van der Waals surface area contributed by atoms with Crippen LogP contribution in [0.2, 0.25) is 0 Å². The molecule has 0 aliphatic heterocycles. The molecule has 28 heavy (non-hydrogen) atoms. The van der Waals surface area contributed by atoms with Crippen LogP contribution in [0, 0.1) is 27.7 Å². The molecule has 0 spiro atoms. The summed E-state index contributed by atoms with van der Waals surface area (Å²) in [4.78, 5) is 13.2. The number of aromatic nitrogens is 2. The lowest BCUT2D eigenvalue weighted by molar-refractivity contribution is 0.0940. The molecule has 1 N–H and O–H groups in total. The quantitative estimate of drug-likeness (QED) is 0.635. The number of nitrogens with one attached hydrogen (secondary N) is 1. The highest BCUT2D eigenvalue weighted by molar-refractivity contribution is 7.12. The third-order valence-electron chi connectivity index (χ3n) is 4.65. The van der Waals surface area contributed by atoms with Crippen LogP contribution in [0.4, 0.5) is 0 Å². The van der Waals surface area contributed by atoms with E-state index in [0.717, 1.165) is 22.6 Å². The average molecular weight is 398 g/mol. The van der Waals surface area contributed by atoms with Gasteiger partial charge in [0.2, 0.25) is 0 Å². The summed E-state index contributed by atoms with van der Waals surface area (Å²) < 4.78 is 7.85. The average Bonchev–Trinajstić information content (AvgIpc) is 3.25. The van der Waals surface area contributed by atoms with Gasteiger partial charge in [-0.25, -0.2) is 0 Å². The molecule has 0 fully saturated rings. The van der Waals surface area contributed by atoms with Crippen LogP contribution in [-0.4, -0.2) is 21.7 Å². The Morgan fingerprint density at radius 3 is 2.75 bits per heavy atom. The number of hydrogen-bond acceptors (Lipinski definition) is 4. The SMILES string of the molecule is Cc1cc(C)c(C)c(OCc2csc(C(=O)NC(C)Cn3ccc(C)n3)c2)c1. The van der Waals surface area contributed by atoms with Crippen LogP contribution in [0.15, 0.2) is 35.8 Å². The van der Waals surface area contributed by atoms with Crippen LogP contribution < -0.4 is 10.1 Å². The van der Waals surface area contributed by atoms with Crippen LogP contribution in [0.25, 0.3) is 0 Å². The van der Waals surface area contributed by atoms with Gasteiger partial charge in [-0.15, -0.1) is 11.3 Å². The molecule has 2 heterocycles. The maximum Gasteiger partial charge on any atom is 0.261 e. The highest BCUT2D eigenvalue weighted by atomic mass is 32.1. The summed E-state index contributed by atoms with van der Waals surface area (Å²) in [5, 5.41) is 9.37. The number of benzene rings is 1. The molecule has 0 saturated heterocycles. The Hall–Kier alpha value is -2.60. The number of thiophene rings is 1. The van der Waals surface area contributed by atoms with Crippen molar-refractivity contribution in [1.29, 1.82) is 0 Å². The second-order valence-corrected chi connectivity index (χ2v) is 8.28. The van der Waals surface area contributed by atoms with E-state index >= 15 is 0 Å². The number of carbonyl (C=O) groups is 1. The van der Waals surface area contributed by atoms with E-state index in [1.807, 2.05) is 42.2 Å². The van der Waals surface area contributed by atoms with E-state index in [0.29, 0.717) is 18.0 Å². The number of amides is 1. The summed E-state index contributed by atoms with van der Waals surface area (Å²) in [7, 11) is 0. The fourth-order valence-corrected chi connectivity index (χ4v) is 3.87. The second kappa shape index (κ2) is 8.61. The highest BCUT2D eigenvalue weighted by Gasteiger charge is 2.14. The van der Waals surface area contributed by atoms with Gasteiger partial charge in [0.15, 0.2) is 0 Å². The third kappa shape index (κ3) is 5.01. The van der Waals surface area contributed by atoms with Crippen molar-refractivity contribution in [2.75, 3.05) is 0 Å². The van der Waals surface area contributed by atoms with Gasteiger partial charge in [0.05, 0.1) is 17.1 Å². The zero-order valence-corrected chi connectivity index (χ0v) is 17.9. The minimum atomic E-state index is -0.0600. The molecule has 0 bridgehead atoms. The molecule has 2 aromatic heterocycles. The lowest BCUT2D eigenvalue weighted by Gasteiger charge is -2.13. The molecule has 0 aliphatic carbocycles. The van der Waals surface area contributed by atoms with Gasteiger partial charge in [0, 0.05) is 17.8 Å². The summed E-state index contributed by atoms with van der Waals surface area (Å²) in [5.41, 5.74) is 5.54. The number of carbonyl (C=O) groups excluding carboxylic acids is 1. The Morgan fingerprint density at radius 2 is 2.04 bits per heavy atom. The fraction of sp³-hybridized carbons (Fsp3) is 0.364. The number of aryl methyl sites for hydroxylation is 3. The van der Waals surface area contributed by atoms with Gasteiger partial charge in [-0.2, -0.15) is 5.10 Å². The summed E-state index contributed by atoms with van der Waals surface area (Å²) in [5.74, 6) is 0.841. The standard InChI is InChI=1S/C22H27N3O2S/c1-14-8-15(2)18(5)20(9-14)27-12-19-10-21(28-13-19)22(26)23-17(4)11-25-7-6-16(3)24-25/h6-10,13,17H,11-12H2,1-5H3,(H,23,26). The zero-order chi connectivity index (χ0) is 20.3. The molecule has 6 heteroatoms. The molecule has 0 saturated carbocycles. The summed E-state index contributed by atoms with van der Waals surface area (Å²) in [6, 6.07) is 8.06. The largest absolute Gasteiger partial charge is 0.489 e. The number of ether oxygens (including phenoxy) is 1. The van der Waals surface area contributed by atoms with Crippen LogP contribution in [0.3, 0.4) is 0 Å².